The maximum atomic E-state index is 12.1. The van der Waals surface area contributed by atoms with Crippen LogP contribution >= 0.6 is 0 Å². The molecule has 5 nitrogen and oxygen atoms in total. The first kappa shape index (κ1) is 15.4. The van der Waals surface area contributed by atoms with E-state index in [0.717, 1.165) is 38.3 Å². The number of likely N-dealkylation sites (tertiary alicyclic amines) is 2. The van der Waals surface area contributed by atoms with Crippen molar-refractivity contribution in [2.24, 2.45) is 5.92 Å². The molecule has 1 amide bonds. The second kappa shape index (κ2) is 6.40. The zero-order valence-electron chi connectivity index (χ0n) is 14.1. The van der Waals surface area contributed by atoms with Gasteiger partial charge in [-0.05, 0) is 18.1 Å². The van der Waals surface area contributed by atoms with E-state index in [-0.39, 0.29) is 5.91 Å². The summed E-state index contributed by atoms with van der Waals surface area (Å²) < 4.78 is 0. The van der Waals surface area contributed by atoms with Crippen LogP contribution in [0.15, 0.2) is 42.6 Å². The van der Waals surface area contributed by atoms with Crippen molar-refractivity contribution in [2.75, 3.05) is 19.6 Å². The molecule has 3 atom stereocenters. The maximum absolute atomic E-state index is 12.1. The zero-order chi connectivity index (χ0) is 16.5. The van der Waals surface area contributed by atoms with Crippen molar-refractivity contribution in [3.8, 4) is 0 Å². The highest BCUT2D eigenvalue weighted by Gasteiger charge is 2.45. The van der Waals surface area contributed by atoms with E-state index in [9.17, 15) is 4.79 Å². The third-order valence-electron chi connectivity index (χ3n) is 5.60. The summed E-state index contributed by atoms with van der Waals surface area (Å²) in [5.41, 5.74) is 2.52. The fourth-order valence-corrected chi connectivity index (χ4v) is 4.48. The van der Waals surface area contributed by atoms with Crippen molar-refractivity contribution in [3.63, 3.8) is 0 Å². The molecule has 0 aliphatic carbocycles. The summed E-state index contributed by atoms with van der Waals surface area (Å²) in [7, 11) is 0. The van der Waals surface area contributed by atoms with Crippen LogP contribution in [0.25, 0.3) is 0 Å². The lowest BCUT2D eigenvalue weighted by Crippen LogP contribution is -2.47. The van der Waals surface area contributed by atoms with Gasteiger partial charge in [-0.15, -0.1) is 0 Å². The quantitative estimate of drug-likeness (QED) is 0.942. The Morgan fingerprint density at radius 1 is 1.25 bits per heavy atom. The van der Waals surface area contributed by atoms with E-state index < -0.39 is 0 Å². The van der Waals surface area contributed by atoms with Gasteiger partial charge < -0.3 is 4.90 Å². The summed E-state index contributed by atoms with van der Waals surface area (Å²) in [6.45, 7) is 5.54. The normalized spacial score (nSPS) is 27.2. The monoisotopic (exact) mass is 324 g/mol. The van der Waals surface area contributed by atoms with Crippen molar-refractivity contribution in [1.82, 2.24) is 20.0 Å². The lowest BCUT2D eigenvalue weighted by Gasteiger charge is -2.38. The third-order valence-corrected chi connectivity index (χ3v) is 5.60. The molecule has 0 spiro atoms. The van der Waals surface area contributed by atoms with Gasteiger partial charge in [0.2, 0.25) is 5.91 Å². The van der Waals surface area contributed by atoms with Gasteiger partial charge in [-0.1, -0.05) is 30.3 Å². The minimum Gasteiger partial charge on any atom is -0.339 e. The first-order valence-electron chi connectivity index (χ1n) is 8.75. The number of amides is 1. The molecule has 0 unspecified atom stereocenters. The van der Waals surface area contributed by atoms with E-state index in [1.165, 1.54) is 5.56 Å². The Kier molecular flexibility index (Phi) is 4.10. The molecule has 2 aromatic rings. The van der Waals surface area contributed by atoms with Crippen molar-refractivity contribution in [3.05, 3.63) is 53.9 Å². The fraction of sp³-hybridized carbons (Fsp3) is 0.474. The molecule has 2 aliphatic heterocycles. The number of benzene rings is 1. The number of piperidine rings is 1. The summed E-state index contributed by atoms with van der Waals surface area (Å²) in [6, 6.07) is 13.1. The molecule has 24 heavy (non-hydrogen) atoms. The van der Waals surface area contributed by atoms with Crippen LogP contribution in [0.1, 0.15) is 30.5 Å². The molecular formula is C19H24N4O. The van der Waals surface area contributed by atoms with Crippen molar-refractivity contribution in [1.29, 1.82) is 0 Å². The number of carbonyl (C=O) groups excluding carboxylic acids is 1. The van der Waals surface area contributed by atoms with Gasteiger partial charge in [-0.3, -0.25) is 14.8 Å². The Bertz CT molecular complexity index is 685. The number of aromatic amines is 1. The highest BCUT2D eigenvalue weighted by Crippen LogP contribution is 2.41. The number of hydrogen-bond acceptors (Lipinski definition) is 3. The Hall–Kier alpha value is -2.14. The van der Waals surface area contributed by atoms with E-state index in [4.69, 9.17) is 0 Å². The SMILES string of the molecule is CC(=O)N1C[C@H](c2ccccc2)[C@H]2CN(Cc3ccn[nH]3)CC[C@H]21. The van der Waals surface area contributed by atoms with E-state index in [1.54, 1.807) is 6.92 Å². The second-order valence-electron chi connectivity index (χ2n) is 7.03. The van der Waals surface area contributed by atoms with E-state index in [0.29, 0.717) is 17.9 Å². The van der Waals surface area contributed by atoms with Crippen LogP contribution in [0, 0.1) is 5.92 Å². The Labute approximate surface area is 142 Å². The zero-order valence-corrected chi connectivity index (χ0v) is 14.1. The molecule has 126 valence electrons. The molecular weight excluding hydrogens is 300 g/mol. The predicted octanol–water partition coefficient (Wildman–Crippen LogP) is 2.25. The molecule has 2 aliphatic rings. The van der Waals surface area contributed by atoms with Crippen molar-refractivity contribution < 1.29 is 4.79 Å². The molecule has 1 aromatic carbocycles. The summed E-state index contributed by atoms with van der Waals surface area (Å²) in [6.07, 6.45) is 2.86. The average Bonchev–Trinajstić information content (AvgIpc) is 3.23. The molecule has 3 heterocycles. The van der Waals surface area contributed by atoms with Gasteiger partial charge in [0.15, 0.2) is 0 Å². The van der Waals surface area contributed by atoms with E-state index in [2.05, 4.69) is 50.3 Å². The van der Waals surface area contributed by atoms with Gasteiger partial charge in [0.1, 0.15) is 0 Å². The minimum atomic E-state index is 0.213. The number of carbonyl (C=O) groups is 1. The summed E-state index contributed by atoms with van der Waals surface area (Å²) in [4.78, 5) is 16.7. The molecule has 0 saturated carbocycles. The van der Waals surface area contributed by atoms with E-state index in [1.807, 2.05) is 12.3 Å². The smallest absolute Gasteiger partial charge is 0.219 e. The Morgan fingerprint density at radius 3 is 2.79 bits per heavy atom. The molecule has 5 heteroatoms. The van der Waals surface area contributed by atoms with Gasteiger partial charge in [-0.2, -0.15) is 5.10 Å². The van der Waals surface area contributed by atoms with Gasteiger partial charge in [0.05, 0.1) is 0 Å². The number of aromatic nitrogens is 2. The number of hydrogen-bond donors (Lipinski definition) is 1. The highest BCUT2D eigenvalue weighted by molar-refractivity contribution is 5.74. The van der Waals surface area contributed by atoms with Crippen LogP contribution in [0.2, 0.25) is 0 Å². The number of nitrogens with zero attached hydrogens (tertiary/aromatic N) is 3. The molecule has 2 fully saturated rings. The molecule has 0 bridgehead atoms. The van der Waals surface area contributed by atoms with Gasteiger partial charge in [0.25, 0.3) is 0 Å². The summed E-state index contributed by atoms with van der Waals surface area (Å²) in [5, 5.41) is 7.11. The molecule has 4 rings (SSSR count). The Balaban J connectivity index is 1.56. The predicted molar refractivity (Wildman–Crippen MR) is 92.3 cm³/mol. The van der Waals surface area contributed by atoms with E-state index >= 15 is 0 Å². The van der Waals surface area contributed by atoms with Gasteiger partial charge in [-0.25, -0.2) is 0 Å². The first-order chi connectivity index (χ1) is 11.7. The lowest BCUT2D eigenvalue weighted by atomic mass is 9.82. The van der Waals surface area contributed by atoms with Crippen LogP contribution in [0.4, 0.5) is 0 Å². The topological polar surface area (TPSA) is 52.2 Å². The van der Waals surface area contributed by atoms with Crippen LogP contribution in [0.3, 0.4) is 0 Å². The largest absolute Gasteiger partial charge is 0.339 e. The van der Waals surface area contributed by atoms with Crippen LogP contribution < -0.4 is 0 Å². The van der Waals surface area contributed by atoms with Crippen LogP contribution in [-0.4, -0.2) is 51.6 Å². The number of H-pyrrole nitrogens is 1. The molecule has 1 aromatic heterocycles. The summed E-state index contributed by atoms with van der Waals surface area (Å²) in [5.74, 6) is 1.16. The third kappa shape index (κ3) is 2.84. The summed E-state index contributed by atoms with van der Waals surface area (Å²) >= 11 is 0. The number of fused-ring (bicyclic) bond motifs is 1. The first-order valence-corrected chi connectivity index (χ1v) is 8.75. The van der Waals surface area contributed by atoms with Crippen LogP contribution in [-0.2, 0) is 11.3 Å². The second-order valence-corrected chi connectivity index (χ2v) is 7.03. The maximum Gasteiger partial charge on any atom is 0.219 e. The van der Waals surface area contributed by atoms with Crippen LogP contribution in [0.5, 0.6) is 0 Å². The minimum absolute atomic E-state index is 0.213. The average molecular weight is 324 g/mol. The molecule has 0 radical (unpaired) electrons. The Morgan fingerprint density at radius 2 is 2.08 bits per heavy atom. The lowest BCUT2D eigenvalue weighted by molar-refractivity contribution is -0.130. The van der Waals surface area contributed by atoms with Gasteiger partial charge >= 0.3 is 0 Å². The van der Waals surface area contributed by atoms with Gasteiger partial charge in [0, 0.05) is 62.9 Å². The molecule has 1 N–H and O–H groups in total. The molecule has 2 saturated heterocycles. The number of rotatable bonds is 3. The standard InChI is InChI=1S/C19H24N4O/c1-14(24)23-13-17(15-5-3-2-4-6-15)18-12-22(10-8-19(18)23)11-16-7-9-20-21-16/h2-7,9,17-19H,8,10-13H2,1H3,(H,20,21)/t17-,18-,19-/m1/s1. The highest BCUT2D eigenvalue weighted by atomic mass is 16.2. The number of nitrogens with one attached hydrogen (secondary N) is 1. The fourth-order valence-electron chi connectivity index (χ4n) is 4.48. The van der Waals surface area contributed by atoms with Crippen molar-refractivity contribution >= 4 is 5.91 Å². The van der Waals surface area contributed by atoms with Crippen molar-refractivity contribution in [2.45, 2.75) is 31.8 Å².